The van der Waals surface area contributed by atoms with Crippen molar-refractivity contribution in [2.75, 3.05) is 5.32 Å². The molecule has 128 valence electrons. The summed E-state index contributed by atoms with van der Waals surface area (Å²) in [5, 5.41) is 2.96. The second-order valence-electron chi connectivity index (χ2n) is 5.89. The minimum Gasteiger partial charge on any atom is -0.331 e. The van der Waals surface area contributed by atoms with Crippen molar-refractivity contribution in [1.82, 2.24) is 14.5 Å². The summed E-state index contributed by atoms with van der Waals surface area (Å²) in [6.45, 7) is 3.07. The predicted octanol–water partition coefficient (Wildman–Crippen LogP) is 3.93. The number of carbonyl (C=O) groups is 1. The molecule has 0 aliphatic carbocycles. The lowest BCUT2D eigenvalue weighted by atomic mass is 10.1. The summed E-state index contributed by atoms with van der Waals surface area (Å²) in [5.74, 6) is 0.908. The van der Waals surface area contributed by atoms with Gasteiger partial charge in [-0.2, -0.15) is 0 Å². The van der Waals surface area contributed by atoms with Crippen LogP contribution < -0.4 is 5.32 Å². The Balaban J connectivity index is 1.65. The Morgan fingerprint density at radius 3 is 2.84 bits per heavy atom. The maximum absolute atomic E-state index is 12.2. The van der Waals surface area contributed by atoms with Crippen LogP contribution in [-0.4, -0.2) is 20.4 Å². The average Bonchev–Trinajstić information content (AvgIpc) is 3.10. The van der Waals surface area contributed by atoms with Crippen LogP contribution in [0.5, 0.6) is 0 Å². The largest absolute Gasteiger partial charge is 0.331 e. The van der Waals surface area contributed by atoms with Gasteiger partial charge in [-0.3, -0.25) is 9.78 Å². The molecule has 0 unspecified atom stereocenters. The van der Waals surface area contributed by atoms with Gasteiger partial charge in [0.2, 0.25) is 5.91 Å². The fraction of sp³-hybridized carbons (Fsp3) is 0.250. The molecule has 1 N–H and O–H groups in total. The number of aromatic nitrogens is 3. The van der Waals surface area contributed by atoms with E-state index in [0.717, 1.165) is 35.7 Å². The summed E-state index contributed by atoms with van der Waals surface area (Å²) < 4.78 is 2.13. The van der Waals surface area contributed by atoms with Crippen molar-refractivity contribution >= 4 is 11.6 Å². The van der Waals surface area contributed by atoms with Gasteiger partial charge in [0.25, 0.3) is 0 Å². The lowest BCUT2D eigenvalue weighted by Gasteiger charge is -2.09. The summed E-state index contributed by atoms with van der Waals surface area (Å²) in [5.41, 5.74) is 2.71. The summed E-state index contributed by atoms with van der Waals surface area (Å²) >= 11 is 0. The summed E-state index contributed by atoms with van der Waals surface area (Å²) in [7, 11) is 0. The molecule has 2 aromatic heterocycles. The number of aryl methyl sites for hydroxylation is 2. The minimum absolute atomic E-state index is 0.0142. The molecule has 0 aliphatic rings. The lowest BCUT2D eigenvalue weighted by Crippen LogP contribution is -2.12. The zero-order valence-electron chi connectivity index (χ0n) is 14.4. The van der Waals surface area contributed by atoms with Crippen LogP contribution in [0.15, 0.2) is 61.1 Å². The first kappa shape index (κ1) is 16.9. The Morgan fingerprint density at radius 2 is 2.04 bits per heavy atom. The second-order valence-corrected chi connectivity index (χ2v) is 5.89. The highest BCUT2D eigenvalue weighted by Gasteiger charge is 2.08. The SMILES string of the molecule is CCCn1ccnc1-c1cccc(NC(=O)CCc2ccccn2)c1. The molecule has 5 nitrogen and oxygen atoms in total. The maximum atomic E-state index is 12.2. The van der Waals surface area contributed by atoms with Crippen LogP contribution in [0.4, 0.5) is 5.69 Å². The third-order valence-corrected chi connectivity index (χ3v) is 3.92. The van der Waals surface area contributed by atoms with Crippen LogP contribution in [-0.2, 0) is 17.8 Å². The fourth-order valence-corrected chi connectivity index (χ4v) is 2.74. The molecule has 0 aliphatic heterocycles. The van der Waals surface area contributed by atoms with Gasteiger partial charge in [-0.05, 0) is 37.1 Å². The van der Waals surface area contributed by atoms with Crippen molar-refractivity contribution in [1.29, 1.82) is 0 Å². The number of imidazole rings is 1. The summed E-state index contributed by atoms with van der Waals surface area (Å²) in [6.07, 6.45) is 7.63. The highest BCUT2D eigenvalue weighted by molar-refractivity contribution is 5.91. The number of pyridine rings is 1. The Hall–Kier alpha value is -2.95. The number of rotatable bonds is 7. The van der Waals surface area contributed by atoms with Crippen LogP contribution in [0.2, 0.25) is 0 Å². The molecule has 5 heteroatoms. The first-order chi connectivity index (χ1) is 12.3. The van der Waals surface area contributed by atoms with E-state index >= 15 is 0 Å². The first-order valence-corrected chi connectivity index (χ1v) is 8.57. The van der Waals surface area contributed by atoms with Gasteiger partial charge in [0.05, 0.1) is 0 Å². The molecule has 0 atom stereocenters. The molecule has 25 heavy (non-hydrogen) atoms. The second kappa shape index (κ2) is 8.24. The lowest BCUT2D eigenvalue weighted by molar-refractivity contribution is -0.116. The summed E-state index contributed by atoms with van der Waals surface area (Å²) in [4.78, 5) is 20.9. The predicted molar refractivity (Wildman–Crippen MR) is 99.1 cm³/mol. The van der Waals surface area contributed by atoms with Gasteiger partial charge >= 0.3 is 0 Å². The monoisotopic (exact) mass is 334 g/mol. The van der Waals surface area contributed by atoms with Gasteiger partial charge in [-0.1, -0.05) is 25.1 Å². The van der Waals surface area contributed by atoms with Crippen molar-refractivity contribution < 1.29 is 4.79 Å². The molecule has 0 bridgehead atoms. The molecule has 2 heterocycles. The molecular weight excluding hydrogens is 312 g/mol. The molecule has 0 fully saturated rings. The minimum atomic E-state index is -0.0142. The van der Waals surface area contributed by atoms with Crippen LogP contribution in [0.3, 0.4) is 0 Å². The highest BCUT2D eigenvalue weighted by atomic mass is 16.1. The Morgan fingerprint density at radius 1 is 1.12 bits per heavy atom. The molecule has 0 spiro atoms. The Labute approximate surface area is 147 Å². The summed E-state index contributed by atoms with van der Waals surface area (Å²) in [6, 6.07) is 13.6. The van der Waals surface area contributed by atoms with E-state index < -0.39 is 0 Å². The van der Waals surface area contributed by atoms with Crippen LogP contribution in [0.25, 0.3) is 11.4 Å². The van der Waals surface area contributed by atoms with Gasteiger partial charge in [0.15, 0.2) is 0 Å². The molecular formula is C20H22N4O. The number of amides is 1. The molecule has 0 saturated heterocycles. The van der Waals surface area contributed by atoms with Crippen LogP contribution in [0.1, 0.15) is 25.5 Å². The number of nitrogens with zero attached hydrogens (tertiary/aromatic N) is 3. The van der Waals surface area contributed by atoms with E-state index in [1.807, 2.05) is 54.9 Å². The average molecular weight is 334 g/mol. The van der Waals surface area contributed by atoms with E-state index in [-0.39, 0.29) is 5.91 Å². The number of carbonyl (C=O) groups excluding carboxylic acids is 1. The molecule has 3 rings (SSSR count). The van der Waals surface area contributed by atoms with E-state index in [9.17, 15) is 4.79 Å². The number of anilines is 1. The maximum Gasteiger partial charge on any atom is 0.224 e. The topological polar surface area (TPSA) is 59.8 Å². The fourth-order valence-electron chi connectivity index (χ4n) is 2.74. The van der Waals surface area contributed by atoms with Gasteiger partial charge in [0.1, 0.15) is 5.82 Å². The zero-order valence-corrected chi connectivity index (χ0v) is 14.4. The van der Waals surface area contributed by atoms with Crippen LogP contribution in [0, 0.1) is 0 Å². The number of nitrogens with one attached hydrogen (secondary N) is 1. The number of hydrogen-bond donors (Lipinski definition) is 1. The zero-order chi connectivity index (χ0) is 17.5. The molecule has 3 aromatic rings. The highest BCUT2D eigenvalue weighted by Crippen LogP contribution is 2.21. The van der Waals surface area contributed by atoms with E-state index in [4.69, 9.17) is 0 Å². The van der Waals surface area contributed by atoms with E-state index in [0.29, 0.717) is 12.8 Å². The normalized spacial score (nSPS) is 10.6. The van der Waals surface area contributed by atoms with Gasteiger partial charge in [-0.15, -0.1) is 0 Å². The smallest absolute Gasteiger partial charge is 0.224 e. The van der Waals surface area contributed by atoms with Crippen molar-refractivity contribution in [3.63, 3.8) is 0 Å². The van der Waals surface area contributed by atoms with Crippen molar-refractivity contribution in [3.8, 4) is 11.4 Å². The van der Waals surface area contributed by atoms with Gasteiger partial charge in [-0.25, -0.2) is 4.98 Å². The third kappa shape index (κ3) is 4.53. The Kier molecular flexibility index (Phi) is 5.57. The van der Waals surface area contributed by atoms with Crippen molar-refractivity contribution in [2.24, 2.45) is 0 Å². The van der Waals surface area contributed by atoms with Crippen molar-refractivity contribution in [3.05, 3.63) is 66.7 Å². The van der Waals surface area contributed by atoms with E-state index in [2.05, 4.69) is 26.8 Å². The number of benzene rings is 1. The standard InChI is InChI=1S/C20H22N4O/c1-2-13-24-14-12-22-20(24)16-6-5-8-18(15-16)23-19(25)10-9-17-7-3-4-11-21-17/h3-8,11-12,14-15H,2,9-10,13H2,1H3,(H,23,25). The first-order valence-electron chi connectivity index (χ1n) is 8.57. The van der Waals surface area contributed by atoms with E-state index in [1.54, 1.807) is 6.20 Å². The molecule has 1 aromatic carbocycles. The van der Waals surface area contributed by atoms with Crippen LogP contribution >= 0.6 is 0 Å². The third-order valence-electron chi connectivity index (χ3n) is 3.92. The Bertz CT molecular complexity index is 826. The molecule has 0 saturated carbocycles. The van der Waals surface area contributed by atoms with Crippen molar-refractivity contribution in [2.45, 2.75) is 32.7 Å². The van der Waals surface area contributed by atoms with E-state index in [1.165, 1.54) is 0 Å². The quantitative estimate of drug-likeness (QED) is 0.712. The number of hydrogen-bond acceptors (Lipinski definition) is 3. The molecule has 1 amide bonds. The van der Waals surface area contributed by atoms with Gasteiger partial charge in [0, 0.05) is 48.5 Å². The van der Waals surface area contributed by atoms with Gasteiger partial charge < -0.3 is 9.88 Å². The molecule has 0 radical (unpaired) electrons.